The minimum absolute atomic E-state index is 0.0668. The lowest BCUT2D eigenvalue weighted by Gasteiger charge is -2.37. The molecule has 9 rings (SSSR count). The molecule has 6 aromatic carbocycles. The van der Waals surface area contributed by atoms with E-state index in [-0.39, 0.29) is 81.0 Å². The molecule has 1 aliphatic rings. The van der Waals surface area contributed by atoms with E-state index < -0.39 is 211 Å². The Kier molecular flexibility index (Phi) is 38.3. The highest BCUT2D eigenvalue weighted by molar-refractivity contribution is 8.00. The minimum atomic E-state index is -1.58. The molecule has 8 aromatic rings. The average Bonchev–Trinajstić information content (AvgIpc) is 1.45. The van der Waals surface area contributed by atoms with Gasteiger partial charge in [0.2, 0.25) is 70.9 Å². The maximum Gasteiger partial charge on any atom is 0.293 e. The molecule has 0 unspecified atom stereocenters. The van der Waals surface area contributed by atoms with E-state index in [1.165, 1.54) is 93.6 Å². The van der Waals surface area contributed by atoms with Gasteiger partial charge in [-0.1, -0.05) is 169 Å². The first kappa shape index (κ1) is 102. The normalized spacial score (nSPS) is 21.9. The van der Waals surface area contributed by atoms with E-state index in [1.807, 2.05) is 25.1 Å². The molecule has 1 saturated heterocycles. The van der Waals surface area contributed by atoms with E-state index in [0.717, 1.165) is 31.8 Å². The number of para-hydroxylation sites is 2. The number of carbonyl (C=O) groups is 16. The number of primary amides is 1. The van der Waals surface area contributed by atoms with Crippen molar-refractivity contribution < 1.29 is 91.7 Å². The van der Waals surface area contributed by atoms with Crippen LogP contribution in [0.25, 0.3) is 21.8 Å². The molecule has 0 saturated carbocycles. The highest BCUT2D eigenvalue weighted by atomic mass is 32.2. The molecule has 1 fully saturated rings. The highest BCUT2D eigenvalue weighted by Gasteiger charge is 2.43. The van der Waals surface area contributed by atoms with Crippen molar-refractivity contribution in [3.8, 4) is 11.5 Å². The fraction of sp³-hybridized carbons (Fsp3) is 0.429. The first-order chi connectivity index (χ1) is 63.0. The Morgan fingerprint density at radius 1 is 0.485 bits per heavy atom. The Bertz CT molecular complexity index is 5360. The third-order valence-corrected chi connectivity index (χ3v) is 24.8. The largest absolute Gasteiger partial charge is 0.508 e. The molecule has 0 aliphatic carbocycles. The van der Waals surface area contributed by atoms with Gasteiger partial charge < -0.3 is 87.1 Å². The second kappa shape index (κ2) is 49.5. The van der Waals surface area contributed by atoms with Crippen molar-refractivity contribution >= 4 is 128 Å². The number of aromatic hydroxyl groups is 2. The van der Waals surface area contributed by atoms with Gasteiger partial charge in [-0.2, -0.15) is 0 Å². The van der Waals surface area contributed by atoms with Crippen molar-refractivity contribution in [2.75, 3.05) is 66.4 Å². The second-order valence-electron chi connectivity index (χ2n) is 34.6. The number of nitrogens with one attached hydrogen (secondary N) is 8. The van der Waals surface area contributed by atoms with Gasteiger partial charge in [0.05, 0.1) is 30.8 Å². The van der Waals surface area contributed by atoms with Gasteiger partial charge in [0.1, 0.15) is 72.2 Å². The zero-order chi connectivity index (χ0) is 96.0. The van der Waals surface area contributed by atoms with Crippen LogP contribution in [0.4, 0.5) is 0 Å². The molecule has 1 aliphatic heterocycles. The number of nitrogens with zero attached hydrogens (tertiary/aromatic N) is 5. The van der Waals surface area contributed by atoms with Crippen molar-refractivity contribution in [1.82, 2.24) is 66.4 Å². The van der Waals surface area contributed by atoms with Crippen LogP contribution in [0.3, 0.4) is 0 Å². The summed E-state index contributed by atoms with van der Waals surface area (Å²) in [4.78, 5) is 248. The number of aromatic amines is 2. The smallest absolute Gasteiger partial charge is 0.293 e. The number of ether oxygens (including phenoxy) is 1. The molecule has 12 N–H and O–H groups in total. The number of phenols is 2. The highest BCUT2D eigenvalue weighted by Crippen LogP contribution is 2.29. The molecule has 0 bridgehead atoms. The SMILES string of the molecule is CCCC[C@H]1C(=O)N(C)CC(=O)C[C@@H](COC=O)C(=O)C[C@@H](C(C)C)C(=O)N(C)[C@@H](Cc2ccccc2)C(=O)N[C@@H](Cc2ccc(O)cc2)C(=O)N(C)CC(=O)N[C@@H](Cc2c[nH]c3ccccc23)C(=O)N[C@@H](Cc2ccc(O)cc2)C(=O)N[C@@H](CC(C)C)C(=O)N[C@H](C(=O)CCC(N)=O)CSCC(=O)N[C@@H](Cc2ccccc2)C(=O)N(C)[C@@H](Cc2c[nH]c3ccccc23)C(=O)N1C. The lowest BCUT2D eigenvalue weighted by Crippen LogP contribution is -2.59. The van der Waals surface area contributed by atoms with E-state index in [1.54, 1.807) is 131 Å². The third-order valence-electron chi connectivity index (χ3n) is 23.7. The van der Waals surface area contributed by atoms with Crippen LogP contribution in [0.1, 0.15) is 119 Å². The van der Waals surface area contributed by atoms with Gasteiger partial charge in [-0.3, -0.25) is 76.7 Å². The number of aromatic nitrogens is 2. The summed E-state index contributed by atoms with van der Waals surface area (Å²) >= 11 is 0.880. The van der Waals surface area contributed by atoms with Crippen LogP contribution in [-0.2, 0) is 120 Å². The molecule has 132 heavy (non-hydrogen) atoms. The topological polar surface area (TPSA) is 469 Å². The zero-order valence-electron chi connectivity index (χ0n) is 76.2. The molecule has 34 heteroatoms. The lowest BCUT2D eigenvalue weighted by molar-refractivity contribution is -0.151. The van der Waals surface area contributed by atoms with Gasteiger partial charge >= 0.3 is 0 Å². The first-order valence-electron chi connectivity index (χ1n) is 44.3. The van der Waals surface area contributed by atoms with E-state index in [2.05, 4.69) is 41.9 Å². The number of carbonyl (C=O) groups excluding carboxylic acids is 16. The summed E-state index contributed by atoms with van der Waals surface area (Å²) in [6.45, 7) is 6.87. The Hall–Kier alpha value is -13.5. The van der Waals surface area contributed by atoms with E-state index in [9.17, 15) is 43.8 Å². The summed E-state index contributed by atoms with van der Waals surface area (Å²) < 4.78 is 5.17. The quantitative estimate of drug-likeness (QED) is 0.0296. The fourth-order valence-corrected chi connectivity index (χ4v) is 17.1. The Morgan fingerprint density at radius 2 is 0.962 bits per heavy atom. The Labute approximate surface area is 772 Å². The van der Waals surface area contributed by atoms with Crippen LogP contribution in [0.5, 0.6) is 11.5 Å². The summed E-state index contributed by atoms with van der Waals surface area (Å²) in [5, 5.41) is 39.0. The van der Waals surface area contributed by atoms with E-state index in [4.69, 9.17) is 10.5 Å². The molecule has 33 nitrogen and oxygen atoms in total. The van der Waals surface area contributed by atoms with Crippen molar-refractivity contribution in [2.45, 2.75) is 179 Å². The molecule has 0 spiro atoms. The molecule has 2 aromatic heterocycles. The third kappa shape index (κ3) is 29.5. The van der Waals surface area contributed by atoms with Crippen LogP contribution >= 0.6 is 11.8 Å². The van der Waals surface area contributed by atoms with Gasteiger partial charge in [0, 0.05) is 145 Å². The van der Waals surface area contributed by atoms with Gasteiger partial charge in [-0.25, -0.2) is 0 Å². The summed E-state index contributed by atoms with van der Waals surface area (Å²) in [6.07, 6.45) is 1.09. The standard InChI is InChI=1S/C98H122N14O19S/c1-11-12-31-82-97(129)108(6)53-70(116)47-67(55-131-58-113)86(118)50-73(60(4)5)94(126)111(9)83(46-62-25-17-14-18-26-62)93(125)106-79(45-64-34-38-69(115)39-35-64)95(127)109(7)54-88(120)102-78(48-65-51-100-74-29-21-19-27-71(65)74)92(124)105-77(43-63-32-36-68(114)37-33-63)91(123)104-76(42-59(2)3)90(122)107-81(85(117)40-41-87(99)119)56-132-57-89(121)103-80(44-61-23-15-13-16-24-61)96(128)112(10)84(98(130)110(82)8)49-66-52-101-75-30-22-20-28-72(66)75/h13-30,32-39,51-52,58-60,67,73,76-84,100-101,114-115H,11-12,31,40-50,53-57H2,1-10H3,(H2,99,119)(H,102,120)(H,103,121)(H,104,123)(H,105,124)(H,106,125)(H,107,122)/t67-,73-,76-,77-,78-,79-,80-,81-,82-,83-,84-/m0/s1. The number of H-pyrrole nitrogens is 2. The van der Waals surface area contributed by atoms with Crippen molar-refractivity contribution in [1.29, 1.82) is 0 Å². The van der Waals surface area contributed by atoms with Crippen molar-refractivity contribution in [3.63, 3.8) is 0 Å². The number of ketones is 3. The van der Waals surface area contributed by atoms with E-state index in [0.29, 0.717) is 62.6 Å². The minimum Gasteiger partial charge on any atom is -0.508 e. The van der Waals surface area contributed by atoms with Gasteiger partial charge in [-0.05, 0) is 94.5 Å². The number of unbranched alkanes of at least 4 members (excludes halogenated alkanes) is 1. The number of likely N-dealkylation sites (N-methyl/N-ethyl adjacent to an activating group) is 5. The summed E-state index contributed by atoms with van der Waals surface area (Å²) in [5.74, 6) is -16.4. The number of hydrogen-bond acceptors (Lipinski definition) is 20. The van der Waals surface area contributed by atoms with Crippen molar-refractivity contribution in [3.05, 3.63) is 203 Å². The molecule has 0 radical (unpaired) electrons. The first-order valence-corrected chi connectivity index (χ1v) is 45.5. The number of benzene rings is 6. The Balaban J connectivity index is 1.12. The lowest BCUT2D eigenvalue weighted by atomic mass is 9.84. The van der Waals surface area contributed by atoms with Crippen molar-refractivity contribution in [2.24, 2.45) is 29.4 Å². The Morgan fingerprint density at radius 3 is 1.52 bits per heavy atom. The number of thioether (sulfide) groups is 1. The van der Waals surface area contributed by atoms with Crippen LogP contribution in [-0.4, -0.2) is 260 Å². The van der Waals surface area contributed by atoms with E-state index >= 15 is 43.2 Å². The van der Waals surface area contributed by atoms with Crippen LogP contribution < -0.4 is 37.6 Å². The van der Waals surface area contributed by atoms with Crippen LogP contribution in [0, 0.1) is 23.7 Å². The van der Waals surface area contributed by atoms with Crippen LogP contribution in [0.2, 0.25) is 0 Å². The van der Waals surface area contributed by atoms with Gasteiger partial charge in [-0.15, -0.1) is 11.8 Å². The predicted molar refractivity (Wildman–Crippen MR) is 497 cm³/mol. The number of rotatable bonds is 25. The number of phenolic OH excluding ortho intramolecular Hbond substituents is 2. The zero-order valence-corrected chi connectivity index (χ0v) is 77.1. The molecule has 12 amide bonds. The predicted octanol–water partition coefficient (Wildman–Crippen LogP) is 5.92. The molecular weight excluding hydrogens is 1710 g/mol. The summed E-state index contributed by atoms with van der Waals surface area (Å²) in [6, 6.07) is 30.2. The summed E-state index contributed by atoms with van der Waals surface area (Å²) in [5.41, 5.74) is 10.1. The molecule has 11 atom stereocenters. The molecule has 704 valence electrons. The van der Waals surface area contributed by atoms with Gasteiger partial charge in [0.15, 0.2) is 11.6 Å². The van der Waals surface area contributed by atoms with Gasteiger partial charge in [0.25, 0.3) is 6.47 Å². The molecular formula is C98H122N14O19S. The number of hydrogen-bond donors (Lipinski definition) is 11. The number of Topliss-reactive ketones (excluding diaryl/α,β-unsaturated/α-hetero) is 3. The number of nitrogens with two attached hydrogens (primary N) is 1. The second-order valence-corrected chi connectivity index (χ2v) is 35.7. The fourth-order valence-electron chi connectivity index (χ4n) is 16.2. The summed E-state index contributed by atoms with van der Waals surface area (Å²) in [7, 11) is 6.83. The van der Waals surface area contributed by atoms with Crippen LogP contribution in [0.15, 0.2) is 170 Å². The average molecular weight is 1830 g/mol. The maximum absolute atomic E-state index is 15.8. The number of amides is 12. The maximum atomic E-state index is 15.8. The molecule has 3 heterocycles. The number of fused-ring (bicyclic) bond motifs is 2. The monoisotopic (exact) mass is 1830 g/mol.